The van der Waals surface area contributed by atoms with Gasteiger partial charge in [-0.25, -0.2) is 0 Å². The molecule has 1 aromatic carbocycles. The van der Waals surface area contributed by atoms with Gasteiger partial charge >= 0.3 is 0 Å². The van der Waals surface area contributed by atoms with E-state index in [4.69, 9.17) is 10.3 Å². The molecular weight excluding hydrogens is 318 g/mol. The van der Waals surface area contributed by atoms with E-state index in [2.05, 4.69) is 29.2 Å². The average Bonchev–Trinajstić information content (AvgIpc) is 3.16. The number of nitrogens with two attached hydrogens (primary N) is 1. The Bertz CT molecular complexity index is 584. The lowest BCUT2D eigenvalue weighted by atomic mass is 9.99. The van der Waals surface area contributed by atoms with Gasteiger partial charge in [0.05, 0.1) is 10.8 Å². The quantitative estimate of drug-likeness (QED) is 0.814. The van der Waals surface area contributed by atoms with Crippen LogP contribution in [0.1, 0.15) is 56.0 Å². The molecule has 1 fully saturated rings. The first kappa shape index (κ1) is 17.3. The molecule has 22 heavy (non-hydrogen) atoms. The largest absolute Gasteiger partial charge is 0.338 e. The van der Waals surface area contributed by atoms with Crippen LogP contribution in [0.3, 0.4) is 0 Å². The monoisotopic (exact) mass is 339 g/mol. The number of halogens is 1. The maximum absolute atomic E-state index is 6.40. The van der Waals surface area contributed by atoms with Crippen LogP contribution < -0.4 is 5.73 Å². The van der Waals surface area contributed by atoms with Gasteiger partial charge in [-0.3, -0.25) is 0 Å². The van der Waals surface area contributed by atoms with Crippen molar-refractivity contribution in [3.8, 4) is 0 Å². The number of aromatic nitrogens is 2. The van der Waals surface area contributed by atoms with E-state index in [1.165, 1.54) is 4.90 Å². The van der Waals surface area contributed by atoms with Gasteiger partial charge in [-0.2, -0.15) is 4.98 Å². The van der Waals surface area contributed by atoms with Crippen LogP contribution in [0.2, 0.25) is 0 Å². The Labute approximate surface area is 141 Å². The molecule has 0 saturated heterocycles. The first-order chi connectivity index (χ1) is 10.2. The lowest BCUT2D eigenvalue weighted by molar-refractivity contribution is 0.346. The highest BCUT2D eigenvalue weighted by Gasteiger charge is 2.36. The van der Waals surface area contributed by atoms with Crippen molar-refractivity contribution >= 4 is 24.2 Å². The second-order valence-electron chi connectivity index (χ2n) is 5.65. The maximum atomic E-state index is 6.40. The number of hydrogen-bond acceptors (Lipinski definition) is 5. The molecule has 3 rings (SSSR count). The Morgan fingerprint density at radius 2 is 1.95 bits per heavy atom. The number of nitrogens with zero attached hydrogens (tertiary/aromatic N) is 2. The Hall–Kier alpha value is -1.04. The van der Waals surface area contributed by atoms with E-state index in [1.54, 1.807) is 11.8 Å². The molecule has 2 N–H and O–H groups in total. The van der Waals surface area contributed by atoms with Crippen molar-refractivity contribution in [3.05, 3.63) is 42.0 Å². The highest BCUT2D eigenvalue weighted by molar-refractivity contribution is 7.99. The summed E-state index contributed by atoms with van der Waals surface area (Å²) in [6.07, 6.45) is 5.15. The summed E-state index contributed by atoms with van der Waals surface area (Å²) in [7, 11) is 0. The van der Waals surface area contributed by atoms with E-state index >= 15 is 0 Å². The van der Waals surface area contributed by atoms with Gasteiger partial charge in [0.15, 0.2) is 5.82 Å². The highest BCUT2D eigenvalue weighted by atomic mass is 35.5. The van der Waals surface area contributed by atoms with E-state index in [-0.39, 0.29) is 23.2 Å². The normalized spacial score (nSPS) is 17.9. The van der Waals surface area contributed by atoms with Crippen molar-refractivity contribution in [2.75, 3.05) is 0 Å². The van der Waals surface area contributed by atoms with Crippen LogP contribution >= 0.6 is 24.2 Å². The minimum atomic E-state index is -0.378. The Balaban J connectivity index is 0.00000176. The lowest BCUT2D eigenvalue weighted by Crippen LogP contribution is -2.34. The van der Waals surface area contributed by atoms with E-state index in [0.29, 0.717) is 11.7 Å². The Morgan fingerprint density at radius 1 is 1.27 bits per heavy atom. The van der Waals surface area contributed by atoms with E-state index < -0.39 is 0 Å². The van der Waals surface area contributed by atoms with E-state index in [0.717, 1.165) is 32.1 Å². The van der Waals surface area contributed by atoms with Crippen molar-refractivity contribution in [1.29, 1.82) is 0 Å². The molecule has 1 aromatic heterocycles. The smallest absolute Gasteiger partial charge is 0.240 e. The van der Waals surface area contributed by atoms with E-state index in [9.17, 15) is 0 Å². The van der Waals surface area contributed by atoms with E-state index in [1.807, 2.05) is 18.2 Å². The molecule has 1 atom stereocenters. The van der Waals surface area contributed by atoms with Gasteiger partial charge in [-0.15, -0.1) is 24.2 Å². The van der Waals surface area contributed by atoms with Crippen LogP contribution in [0.4, 0.5) is 0 Å². The van der Waals surface area contributed by atoms with Gasteiger partial charge < -0.3 is 10.3 Å². The summed E-state index contributed by atoms with van der Waals surface area (Å²) in [5.41, 5.74) is 6.02. The molecule has 1 heterocycles. The first-order valence-corrected chi connectivity index (χ1v) is 8.44. The standard InChI is InChI=1S/C16H21N3OS.ClH/c1-2-13(21-12-8-4-3-5-9-12)14-18-15(19-20-14)16(17)10-6-7-11-16;/h3-5,8-9,13H,2,6-7,10-11,17H2,1H3;1H. The van der Waals surface area contributed by atoms with Crippen molar-refractivity contribution in [3.63, 3.8) is 0 Å². The van der Waals surface area contributed by atoms with Gasteiger partial charge in [-0.05, 0) is 31.4 Å². The zero-order valence-electron chi connectivity index (χ0n) is 12.7. The zero-order chi connectivity index (χ0) is 14.7. The minimum Gasteiger partial charge on any atom is -0.338 e. The fourth-order valence-corrected chi connectivity index (χ4v) is 3.78. The van der Waals surface area contributed by atoms with Gasteiger partial charge in [0.1, 0.15) is 0 Å². The second-order valence-corrected chi connectivity index (χ2v) is 6.92. The molecular formula is C16H22ClN3OS. The van der Waals surface area contributed by atoms with Crippen LogP contribution in [0, 0.1) is 0 Å². The summed E-state index contributed by atoms with van der Waals surface area (Å²) in [6.45, 7) is 2.14. The van der Waals surface area contributed by atoms with Crippen molar-refractivity contribution < 1.29 is 4.52 Å². The molecule has 0 radical (unpaired) electrons. The molecule has 0 amide bonds. The third kappa shape index (κ3) is 3.65. The average molecular weight is 340 g/mol. The Morgan fingerprint density at radius 3 is 2.59 bits per heavy atom. The molecule has 2 aromatic rings. The summed E-state index contributed by atoms with van der Waals surface area (Å²) in [5.74, 6) is 1.38. The number of rotatable bonds is 5. The zero-order valence-corrected chi connectivity index (χ0v) is 14.3. The van der Waals surface area contributed by atoms with Crippen LogP contribution in [0.15, 0.2) is 39.8 Å². The predicted molar refractivity (Wildman–Crippen MR) is 91.2 cm³/mol. The van der Waals surface area contributed by atoms with Crippen molar-refractivity contribution in [2.24, 2.45) is 5.73 Å². The molecule has 0 bridgehead atoms. The Kier molecular flexibility index (Phi) is 5.89. The maximum Gasteiger partial charge on any atom is 0.240 e. The summed E-state index contributed by atoms with van der Waals surface area (Å²) < 4.78 is 5.51. The fraction of sp³-hybridized carbons (Fsp3) is 0.500. The fourth-order valence-electron chi connectivity index (χ4n) is 2.77. The van der Waals surface area contributed by atoms with Gasteiger partial charge in [0.2, 0.25) is 5.89 Å². The topological polar surface area (TPSA) is 64.9 Å². The number of thioether (sulfide) groups is 1. The number of benzene rings is 1. The van der Waals surface area contributed by atoms with Crippen LogP contribution in [0.25, 0.3) is 0 Å². The minimum absolute atomic E-state index is 0. The lowest BCUT2D eigenvalue weighted by Gasteiger charge is -2.18. The molecule has 1 saturated carbocycles. The van der Waals surface area contributed by atoms with Gasteiger partial charge in [-0.1, -0.05) is 43.1 Å². The molecule has 1 aliphatic carbocycles. The van der Waals surface area contributed by atoms with Crippen molar-refractivity contribution in [2.45, 2.75) is 54.7 Å². The van der Waals surface area contributed by atoms with Crippen LogP contribution in [0.5, 0.6) is 0 Å². The third-order valence-electron chi connectivity index (χ3n) is 4.05. The highest BCUT2D eigenvalue weighted by Crippen LogP contribution is 2.39. The first-order valence-electron chi connectivity index (χ1n) is 7.56. The number of hydrogen-bond donors (Lipinski definition) is 1. The molecule has 0 aliphatic heterocycles. The summed E-state index contributed by atoms with van der Waals surface area (Å²) in [6, 6.07) is 10.3. The molecule has 6 heteroatoms. The van der Waals surface area contributed by atoms with Crippen LogP contribution in [-0.2, 0) is 5.54 Å². The molecule has 1 aliphatic rings. The van der Waals surface area contributed by atoms with Gasteiger partial charge in [0, 0.05) is 4.90 Å². The predicted octanol–water partition coefficient (Wildman–Crippen LogP) is 4.46. The second kappa shape index (κ2) is 7.49. The SMILES string of the molecule is CCC(Sc1ccccc1)c1nc(C2(N)CCCC2)no1.Cl. The summed E-state index contributed by atoms with van der Waals surface area (Å²) in [5, 5.41) is 4.34. The van der Waals surface area contributed by atoms with Crippen LogP contribution in [-0.4, -0.2) is 10.1 Å². The van der Waals surface area contributed by atoms with Gasteiger partial charge in [0.25, 0.3) is 0 Å². The summed E-state index contributed by atoms with van der Waals surface area (Å²) >= 11 is 1.76. The molecule has 1 unspecified atom stereocenters. The third-order valence-corrected chi connectivity index (χ3v) is 5.41. The molecule has 4 nitrogen and oxygen atoms in total. The molecule has 0 spiro atoms. The molecule has 120 valence electrons. The van der Waals surface area contributed by atoms with Crippen molar-refractivity contribution in [1.82, 2.24) is 10.1 Å². The summed E-state index contributed by atoms with van der Waals surface area (Å²) in [4.78, 5) is 5.82.